The van der Waals surface area contributed by atoms with E-state index in [0.29, 0.717) is 6.54 Å². The lowest BCUT2D eigenvalue weighted by molar-refractivity contribution is 0.172. The molecule has 0 saturated carbocycles. The molecule has 180 valence electrons. The van der Waals surface area contributed by atoms with E-state index < -0.39 is 0 Å². The first-order valence-corrected chi connectivity index (χ1v) is 11.9. The molecule has 0 radical (unpaired) electrons. The van der Waals surface area contributed by atoms with Crippen LogP contribution in [-0.2, 0) is 13.1 Å². The van der Waals surface area contributed by atoms with E-state index in [4.69, 9.17) is 9.98 Å². The number of benzene rings is 1. The summed E-state index contributed by atoms with van der Waals surface area (Å²) in [5.74, 6) is 2.09. The van der Waals surface area contributed by atoms with Gasteiger partial charge in [-0.25, -0.2) is 9.98 Å². The summed E-state index contributed by atoms with van der Waals surface area (Å²) in [7, 11) is 2.18. The number of hydrogen-bond donors (Lipinski definition) is 1. The van der Waals surface area contributed by atoms with E-state index in [9.17, 15) is 0 Å². The molecule has 2 saturated heterocycles. The Kier molecular flexibility index (Phi) is 10.2. The fourth-order valence-corrected chi connectivity index (χ4v) is 4.28. The fraction of sp³-hybridized carbons (Fsp3) is 0.520. The average Bonchev–Trinajstić information content (AvgIpc) is 2.84. The van der Waals surface area contributed by atoms with Gasteiger partial charge in [0.25, 0.3) is 0 Å². The van der Waals surface area contributed by atoms with Gasteiger partial charge < -0.3 is 20.0 Å². The molecule has 3 heterocycles. The molecule has 33 heavy (non-hydrogen) atoms. The molecule has 0 spiro atoms. The first kappa shape index (κ1) is 25.7. The molecular formula is C25H38IN7. The van der Waals surface area contributed by atoms with Crippen molar-refractivity contribution in [2.45, 2.75) is 20.0 Å². The third-order valence-electron chi connectivity index (χ3n) is 6.30. The summed E-state index contributed by atoms with van der Waals surface area (Å²) in [6.07, 6.45) is 1.98. The molecule has 2 aliphatic rings. The number of hydrogen-bond acceptors (Lipinski definition) is 5. The molecule has 0 bridgehead atoms. The smallest absolute Gasteiger partial charge is 0.194 e. The highest BCUT2D eigenvalue weighted by molar-refractivity contribution is 14.0. The Labute approximate surface area is 215 Å². The van der Waals surface area contributed by atoms with Gasteiger partial charge in [0.15, 0.2) is 5.96 Å². The Morgan fingerprint density at radius 2 is 1.64 bits per heavy atom. The van der Waals surface area contributed by atoms with Gasteiger partial charge in [-0.1, -0.05) is 36.4 Å². The minimum atomic E-state index is 0. The third-order valence-corrected chi connectivity index (χ3v) is 6.30. The highest BCUT2D eigenvalue weighted by Gasteiger charge is 2.20. The number of pyridine rings is 1. The number of aromatic nitrogens is 1. The van der Waals surface area contributed by atoms with E-state index in [1.807, 2.05) is 6.20 Å². The lowest BCUT2D eigenvalue weighted by Gasteiger charge is -2.36. The summed E-state index contributed by atoms with van der Waals surface area (Å²) < 4.78 is 0. The van der Waals surface area contributed by atoms with Crippen LogP contribution in [0.2, 0.25) is 0 Å². The van der Waals surface area contributed by atoms with Crippen LogP contribution in [0.1, 0.15) is 18.1 Å². The second kappa shape index (κ2) is 13.1. The summed E-state index contributed by atoms with van der Waals surface area (Å²) in [6, 6.07) is 15.1. The van der Waals surface area contributed by atoms with Crippen LogP contribution in [0.15, 0.2) is 53.7 Å². The first-order chi connectivity index (χ1) is 15.7. The zero-order valence-electron chi connectivity index (χ0n) is 20.0. The van der Waals surface area contributed by atoms with Gasteiger partial charge in [0.05, 0.1) is 6.54 Å². The van der Waals surface area contributed by atoms with Crippen LogP contribution in [0, 0.1) is 0 Å². The zero-order chi connectivity index (χ0) is 22.2. The third kappa shape index (κ3) is 7.55. The quantitative estimate of drug-likeness (QED) is 0.332. The monoisotopic (exact) mass is 563 g/mol. The first-order valence-electron chi connectivity index (χ1n) is 11.9. The van der Waals surface area contributed by atoms with Crippen LogP contribution in [0.25, 0.3) is 0 Å². The van der Waals surface area contributed by atoms with Crippen molar-refractivity contribution in [3.8, 4) is 0 Å². The van der Waals surface area contributed by atoms with Gasteiger partial charge in [-0.3, -0.25) is 4.90 Å². The molecule has 2 fully saturated rings. The van der Waals surface area contributed by atoms with Crippen LogP contribution < -0.4 is 10.2 Å². The van der Waals surface area contributed by atoms with Crippen molar-refractivity contribution in [2.24, 2.45) is 4.99 Å². The molecule has 7 nitrogen and oxygen atoms in total. The van der Waals surface area contributed by atoms with Gasteiger partial charge in [-0.2, -0.15) is 0 Å². The van der Waals surface area contributed by atoms with Gasteiger partial charge >= 0.3 is 0 Å². The number of rotatable bonds is 6. The minimum absolute atomic E-state index is 0. The van der Waals surface area contributed by atoms with E-state index in [0.717, 1.165) is 82.8 Å². The van der Waals surface area contributed by atoms with Gasteiger partial charge in [0.2, 0.25) is 0 Å². The lowest BCUT2D eigenvalue weighted by Crippen LogP contribution is -2.52. The Morgan fingerprint density at radius 1 is 0.909 bits per heavy atom. The zero-order valence-corrected chi connectivity index (χ0v) is 22.3. The average molecular weight is 564 g/mol. The van der Waals surface area contributed by atoms with Gasteiger partial charge in [-0.15, -0.1) is 24.0 Å². The van der Waals surface area contributed by atoms with Crippen molar-refractivity contribution >= 4 is 35.8 Å². The number of nitrogens with one attached hydrogen (secondary N) is 1. The maximum Gasteiger partial charge on any atom is 0.194 e. The van der Waals surface area contributed by atoms with Crippen molar-refractivity contribution < 1.29 is 0 Å². The number of guanidine groups is 1. The number of aliphatic imine (C=N–C) groups is 1. The molecule has 0 aliphatic carbocycles. The normalized spacial score (nSPS) is 18.2. The largest absolute Gasteiger partial charge is 0.357 e. The Bertz CT molecular complexity index is 843. The fourth-order valence-electron chi connectivity index (χ4n) is 4.28. The second-order valence-corrected chi connectivity index (χ2v) is 8.73. The van der Waals surface area contributed by atoms with Crippen LogP contribution in [0.3, 0.4) is 0 Å². The SMILES string of the molecule is CCNC(=NCc1ccc(N2CCN(C)CC2)nc1)N1CCN(Cc2ccccc2)CC1.I. The summed E-state index contributed by atoms with van der Waals surface area (Å²) >= 11 is 0. The van der Waals surface area contributed by atoms with E-state index in [1.54, 1.807) is 0 Å². The van der Waals surface area contributed by atoms with Gasteiger partial charge in [0, 0.05) is 71.6 Å². The highest BCUT2D eigenvalue weighted by atomic mass is 127. The van der Waals surface area contributed by atoms with Crippen LogP contribution in [0.5, 0.6) is 0 Å². The molecule has 2 aromatic rings. The molecule has 4 rings (SSSR count). The minimum Gasteiger partial charge on any atom is -0.357 e. The van der Waals surface area contributed by atoms with Gasteiger partial charge in [0.1, 0.15) is 5.82 Å². The summed E-state index contributed by atoms with van der Waals surface area (Å²) in [5, 5.41) is 3.48. The van der Waals surface area contributed by atoms with E-state index in [1.165, 1.54) is 5.56 Å². The maximum atomic E-state index is 4.92. The van der Waals surface area contributed by atoms with E-state index in [-0.39, 0.29) is 24.0 Å². The molecule has 1 aromatic carbocycles. The maximum absolute atomic E-state index is 4.92. The van der Waals surface area contributed by atoms with Crippen molar-refractivity contribution in [3.63, 3.8) is 0 Å². The van der Waals surface area contributed by atoms with Crippen molar-refractivity contribution in [1.82, 2.24) is 25.0 Å². The number of likely N-dealkylation sites (N-methyl/N-ethyl adjacent to an activating group) is 1. The van der Waals surface area contributed by atoms with Crippen LogP contribution in [-0.4, -0.2) is 91.6 Å². The van der Waals surface area contributed by atoms with Crippen LogP contribution >= 0.6 is 24.0 Å². The molecule has 0 amide bonds. The number of anilines is 1. The Balaban J connectivity index is 0.00000306. The van der Waals surface area contributed by atoms with E-state index >= 15 is 0 Å². The Hall–Kier alpha value is -1.91. The standard InChI is InChI=1S/C25H37N7.HI/c1-3-26-25(32-17-13-30(14-18-32)21-22-7-5-4-6-8-22)28-20-23-9-10-24(27-19-23)31-15-11-29(2)12-16-31;/h4-10,19H,3,11-18,20-21H2,1-2H3,(H,26,28);1H. The Morgan fingerprint density at radius 3 is 2.27 bits per heavy atom. The number of halogens is 1. The highest BCUT2D eigenvalue weighted by Crippen LogP contribution is 2.14. The predicted octanol–water partition coefficient (Wildman–Crippen LogP) is 2.73. The second-order valence-electron chi connectivity index (χ2n) is 8.73. The van der Waals surface area contributed by atoms with Gasteiger partial charge in [-0.05, 0) is 31.2 Å². The molecule has 1 aromatic heterocycles. The van der Waals surface area contributed by atoms with E-state index in [2.05, 4.69) is 81.4 Å². The summed E-state index contributed by atoms with van der Waals surface area (Å²) in [4.78, 5) is 19.3. The topological polar surface area (TPSA) is 50.2 Å². The lowest BCUT2D eigenvalue weighted by atomic mass is 10.2. The molecule has 8 heteroatoms. The molecule has 1 N–H and O–H groups in total. The molecule has 2 aliphatic heterocycles. The van der Waals surface area contributed by atoms with Crippen molar-refractivity contribution in [2.75, 3.05) is 70.9 Å². The number of piperazine rings is 2. The summed E-state index contributed by atoms with van der Waals surface area (Å²) in [5.41, 5.74) is 2.54. The number of nitrogens with zero attached hydrogens (tertiary/aromatic N) is 6. The molecular weight excluding hydrogens is 525 g/mol. The molecule has 0 unspecified atom stereocenters. The van der Waals surface area contributed by atoms with Crippen molar-refractivity contribution in [3.05, 3.63) is 59.8 Å². The molecule has 0 atom stereocenters. The van der Waals surface area contributed by atoms with Crippen molar-refractivity contribution in [1.29, 1.82) is 0 Å². The predicted molar refractivity (Wildman–Crippen MR) is 147 cm³/mol. The van der Waals surface area contributed by atoms with Crippen LogP contribution in [0.4, 0.5) is 5.82 Å². The summed E-state index contributed by atoms with van der Waals surface area (Å²) in [6.45, 7) is 13.1.